The minimum atomic E-state index is -3.66. The Hall–Kier alpha value is -3.09. The number of amides is 1. The Balaban J connectivity index is 2.15. The molecule has 0 spiro atoms. The number of benzene rings is 2. The fourth-order valence-electron chi connectivity index (χ4n) is 2.15. The van der Waals surface area contributed by atoms with Crippen molar-refractivity contribution in [2.24, 2.45) is 0 Å². The molecule has 1 amide bonds. The van der Waals surface area contributed by atoms with Crippen LogP contribution < -0.4 is 14.8 Å². The molecule has 0 saturated heterocycles. The highest BCUT2D eigenvalue weighted by Gasteiger charge is 2.20. The van der Waals surface area contributed by atoms with Crippen molar-refractivity contribution in [2.45, 2.75) is 4.90 Å². The van der Waals surface area contributed by atoms with Gasteiger partial charge in [0.15, 0.2) is 6.61 Å². The Morgan fingerprint density at radius 3 is 2.59 bits per heavy atom. The van der Waals surface area contributed by atoms with Gasteiger partial charge in [-0.05, 0) is 36.4 Å². The molecule has 0 saturated carbocycles. The molecular formula is C18H19N3O5S. The Morgan fingerprint density at radius 1 is 1.22 bits per heavy atom. The summed E-state index contributed by atoms with van der Waals surface area (Å²) in [4.78, 5) is 12.2. The number of anilines is 1. The maximum Gasteiger partial charge on any atom is 0.262 e. The van der Waals surface area contributed by atoms with Gasteiger partial charge < -0.3 is 14.8 Å². The number of hydrogen-bond donors (Lipinski definition) is 1. The third kappa shape index (κ3) is 4.97. The summed E-state index contributed by atoms with van der Waals surface area (Å²) in [7, 11) is 0.589. The highest BCUT2D eigenvalue weighted by atomic mass is 32.2. The predicted octanol–water partition coefficient (Wildman–Crippen LogP) is 1.83. The van der Waals surface area contributed by atoms with Crippen molar-refractivity contribution in [3.05, 3.63) is 48.0 Å². The van der Waals surface area contributed by atoms with Crippen molar-refractivity contribution in [1.29, 1.82) is 5.26 Å². The average Bonchev–Trinajstić information content (AvgIpc) is 2.66. The van der Waals surface area contributed by atoms with E-state index < -0.39 is 15.9 Å². The second kappa shape index (κ2) is 8.53. The zero-order valence-electron chi connectivity index (χ0n) is 15.1. The number of sulfonamides is 1. The van der Waals surface area contributed by atoms with Crippen LogP contribution >= 0.6 is 0 Å². The van der Waals surface area contributed by atoms with E-state index in [9.17, 15) is 13.2 Å². The van der Waals surface area contributed by atoms with Crippen LogP contribution in [-0.2, 0) is 14.8 Å². The van der Waals surface area contributed by atoms with E-state index in [1.807, 2.05) is 6.07 Å². The molecule has 0 atom stereocenters. The maximum atomic E-state index is 12.3. The SMILES string of the molecule is COc1ccc(S(=O)(=O)N(C)C)cc1NC(=O)COc1cccc(C#N)c1. The van der Waals surface area contributed by atoms with Crippen molar-refractivity contribution in [1.82, 2.24) is 4.31 Å². The van der Waals surface area contributed by atoms with Crippen molar-refractivity contribution in [2.75, 3.05) is 33.1 Å². The number of carbonyl (C=O) groups excluding carboxylic acids is 1. The number of ether oxygens (including phenoxy) is 2. The normalized spacial score (nSPS) is 10.9. The molecule has 0 radical (unpaired) electrons. The van der Waals surface area contributed by atoms with Crippen LogP contribution in [0.1, 0.15) is 5.56 Å². The Labute approximate surface area is 158 Å². The van der Waals surface area contributed by atoms with Gasteiger partial charge in [0.25, 0.3) is 5.91 Å². The summed E-state index contributed by atoms with van der Waals surface area (Å²) in [5, 5.41) is 11.4. The standard InChI is InChI=1S/C18H19N3O5S/c1-21(2)27(23,24)15-7-8-17(25-3)16(10-15)20-18(22)12-26-14-6-4-5-13(9-14)11-19/h4-10H,12H2,1-3H3,(H,20,22). The van der Waals surface area contributed by atoms with Crippen LogP contribution in [0.2, 0.25) is 0 Å². The van der Waals surface area contributed by atoms with Gasteiger partial charge in [0, 0.05) is 14.1 Å². The summed E-state index contributed by atoms with van der Waals surface area (Å²) < 4.78 is 36.1. The van der Waals surface area contributed by atoms with Gasteiger partial charge in [-0.1, -0.05) is 6.07 Å². The second-order valence-corrected chi connectivity index (χ2v) is 7.78. The lowest BCUT2D eigenvalue weighted by molar-refractivity contribution is -0.118. The number of nitrogens with zero attached hydrogens (tertiary/aromatic N) is 2. The first kappa shape index (κ1) is 20.2. The van der Waals surface area contributed by atoms with Crippen LogP contribution in [0.15, 0.2) is 47.4 Å². The first-order valence-electron chi connectivity index (χ1n) is 7.81. The number of carbonyl (C=O) groups is 1. The molecule has 8 nitrogen and oxygen atoms in total. The lowest BCUT2D eigenvalue weighted by Gasteiger charge is -2.15. The van der Waals surface area contributed by atoms with Gasteiger partial charge in [0.05, 0.1) is 29.3 Å². The molecule has 2 aromatic carbocycles. The van der Waals surface area contributed by atoms with Gasteiger partial charge in [0.2, 0.25) is 10.0 Å². The highest BCUT2D eigenvalue weighted by molar-refractivity contribution is 7.89. The fourth-order valence-corrected chi connectivity index (χ4v) is 3.08. The quantitative estimate of drug-likeness (QED) is 0.774. The first-order valence-corrected chi connectivity index (χ1v) is 9.25. The summed E-state index contributed by atoms with van der Waals surface area (Å²) in [5.74, 6) is 0.183. The molecule has 0 aliphatic heterocycles. The molecule has 142 valence electrons. The lowest BCUT2D eigenvalue weighted by atomic mass is 10.2. The number of hydrogen-bond acceptors (Lipinski definition) is 6. The van der Waals surface area contributed by atoms with Crippen molar-refractivity contribution in [3.8, 4) is 17.6 Å². The Bertz CT molecular complexity index is 981. The van der Waals surface area contributed by atoms with Gasteiger partial charge in [-0.25, -0.2) is 12.7 Å². The van der Waals surface area contributed by atoms with E-state index in [2.05, 4.69) is 5.32 Å². The van der Waals surface area contributed by atoms with E-state index in [1.165, 1.54) is 45.5 Å². The van der Waals surface area contributed by atoms with E-state index in [1.54, 1.807) is 18.2 Å². The number of methoxy groups -OCH3 is 1. The zero-order valence-corrected chi connectivity index (χ0v) is 15.9. The van der Waals surface area contributed by atoms with Crippen LogP contribution in [0.3, 0.4) is 0 Å². The van der Waals surface area contributed by atoms with Crippen LogP contribution in [0.5, 0.6) is 11.5 Å². The highest BCUT2D eigenvalue weighted by Crippen LogP contribution is 2.28. The largest absolute Gasteiger partial charge is 0.495 e. The molecule has 1 N–H and O–H groups in total. The van der Waals surface area contributed by atoms with Crippen LogP contribution in [0.4, 0.5) is 5.69 Å². The summed E-state index contributed by atoms with van der Waals surface area (Å²) in [5.41, 5.74) is 0.621. The van der Waals surface area contributed by atoms with Gasteiger partial charge in [0.1, 0.15) is 11.5 Å². The van der Waals surface area contributed by atoms with E-state index in [0.29, 0.717) is 17.1 Å². The number of nitriles is 1. The van der Waals surface area contributed by atoms with Gasteiger partial charge >= 0.3 is 0 Å². The summed E-state index contributed by atoms with van der Waals surface area (Å²) in [6, 6.07) is 12.6. The Morgan fingerprint density at radius 2 is 1.96 bits per heavy atom. The maximum absolute atomic E-state index is 12.3. The van der Waals surface area contributed by atoms with Crippen molar-refractivity contribution < 1.29 is 22.7 Å². The number of nitrogens with one attached hydrogen (secondary N) is 1. The third-order valence-electron chi connectivity index (χ3n) is 3.56. The summed E-state index contributed by atoms with van der Waals surface area (Å²) in [6.45, 7) is -0.317. The summed E-state index contributed by atoms with van der Waals surface area (Å²) >= 11 is 0. The topological polar surface area (TPSA) is 109 Å². The smallest absolute Gasteiger partial charge is 0.262 e. The van der Waals surface area contributed by atoms with Gasteiger partial charge in [-0.15, -0.1) is 0 Å². The van der Waals surface area contributed by atoms with E-state index >= 15 is 0 Å². The predicted molar refractivity (Wildman–Crippen MR) is 99.1 cm³/mol. The molecule has 0 unspecified atom stereocenters. The third-order valence-corrected chi connectivity index (χ3v) is 5.37. The molecular weight excluding hydrogens is 370 g/mol. The average molecular weight is 389 g/mol. The monoisotopic (exact) mass is 389 g/mol. The number of rotatable bonds is 7. The minimum Gasteiger partial charge on any atom is -0.495 e. The molecule has 0 aliphatic carbocycles. The lowest BCUT2D eigenvalue weighted by Crippen LogP contribution is -2.23. The van der Waals surface area contributed by atoms with E-state index in [-0.39, 0.29) is 17.2 Å². The zero-order chi connectivity index (χ0) is 20.0. The van der Waals surface area contributed by atoms with E-state index in [0.717, 1.165) is 4.31 Å². The van der Waals surface area contributed by atoms with E-state index in [4.69, 9.17) is 14.7 Å². The Kier molecular flexibility index (Phi) is 6.39. The molecule has 2 aromatic rings. The van der Waals surface area contributed by atoms with Crippen LogP contribution in [0.25, 0.3) is 0 Å². The summed E-state index contributed by atoms with van der Waals surface area (Å²) in [6.07, 6.45) is 0. The molecule has 0 fully saturated rings. The van der Waals surface area contributed by atoms with Crippen molar-refractivity contribution >= 4 is 21.6 Å². The van der Waals surface area contributed by atoms with Gasteiger partial charge in [-0.2, -0.15) is 5.26 Å². The molecule has 0 bridgehead atoms. The molecule has 27 heavy (non-hydrogen) atoms. The van der Waals surface area contributed by atoms with Crippen LogP contribution in [-0.4, -0.2) is 46.4 Å². The molecule has 0 aliphatic rings. The fraction of sp³-hybridized carbons (Fsp3) is 0.222. The van der Waals surface area contributed by atoms with Gasteiger partial charge in [-0.3, -0.25) is 4.79 Å². The molecule has 0 aromatic heterocycles. The molecule has 2 rings (SSSR count). The first-order chi connectivity index (χ1) is 12.8. The molecule has 9 heteroatoms. The second-order valence-electron chi connectivity index (χ2n) is 5.63. The molecule has 0 heterocycles. The van der Waals surface area contributed by atoms with Crippen molar-refractivity contribution in [3.63, 3.8) is 0 Å². The minimum absolute atomic E-state index is 0.0197. The van der Waals surface area contributed by atoms with Crippen LogP contribution in [0, 0.1) is 11.3 Å².